The van der Waals surface area contributed by atoms with Crippen LogP contribution in [0.3, 0.4) is 0 Å². The van der Waals surface area contributed by atoms with Crippen molar-refractivity contribution in [2.45, 2.75) is 29.9 Å². The van der Waals surface area contributed by atoms with Crippen molar-refractivity contribution in [2.24, 2.45) is 0 Å². The maximum absolute atomic E-state index is 11.5. The Bertz CT molecular complexity index is 389. The fourth-order valence-corrected chi connectivity index (χ4v) is 2.42. The molecule has 0 aliphatic carbocycles. The van der Waals surface area contributed by atoms with E-state index in [1.165, 1.54) is 18.7 Å². The second kappa shape index (κ2) is 5.16. The van der Waals surface area contributed by atoms with E-state index in [9.17, 15) is 9.59 Å². The van der Waals surface area contributed by atoms with Crippen molar-refractivity contribution in [1.82, 2.24) is 0 Å². The van der Waals surface area contributed by atoms with Gasteiger partial charge in [0.2, 0.25) is 0 Å². The molecule has 1 N–H and O–H groups in total. The SMILES string of the molecule is CC(=O)C(C)(CC(=O)O)Sc1ccccc1. The lowest BCUT2D eigenvalue weighted by molar-refractivity contribution is -0.139. The molecule has 0 spiro atoms. The third kappa shape index (κ3) is 3.38. The molecule has 86 valence electrons. The standard InChI is InChI=1S/C12H14O3S/c1-9(13)12(2,8-11(14)15)16-10-6-4-3-5-7-10/h3-7H,8H2,1-2H3,(H,14,15). The molecule has 3 nitrogen and oxygen atoms in total. The van der Waals surface area contributed by atoms with Crippen molar-refractivity contribution >= 4 is 23.5 Å². The third-order valence-corrected chi connectivity index (χ3v) is 3.71. The third-order valence-electron chi connectivity index (χ3n) is 2.32. The van der Waals surface area contributed by atoms with Gasteiger partial charge in [-0.3, -0.25) is 9.59 Å². The van der Waals surface area contributed by atoms with E-state index in [1.807, 2.05) is 30.3 Å². The summed E-state index contributed by atoms with van der Waals surface area (Å²) in [5.41, 5.74) is 0. The first-order valence-corrected chi connectivity index (χ1v) is 5.72. The van der Waals surface area contributed by atoms with Crippen LogP contribution in [0.2, 0.25) is 0 Å². The molecule has 1 atom stereocenters. The maximum atomic E-state index is 11.5. The molecular weight excluding hydrogens is 224 g/mol. The van der Waals surface area contributed by atoms with Crippen LogP contribution < -0.4 is 0 Å². The Labute approximate surface area is 98.9 Å². The molecular formula is C12H14O3S. The van der Waals surface area contributed by atoms with Gasteiger partial charge in [-0.2, -0.15) is 0 Å². The van der Waals surface area contributed by atoms with Crippen molar-refractivity contribution in [3.63, 3.8) is 0 Å². The first-order valence-electron chi connectivity index (χ1n) is 4.91. The Morgan fingerprint density at radius 2 is 1.88 bits per heavy atom. The van der Waals surface area contributed by atoms with E-state index in [0.717, 1.165) is 4.90 Å². The van der Waals surface area contributed by atoms with E-state index in [2.05, 4.69) is 0 Å². The number of hydrogen-bond donors (Lipinski definition) is 1. The summed E-state index contributed by atoms with van der Waals surface area (Å²) in [4.78, 5) is 23.2. The van der Waals surface area contributed by atoms with Crippen LogP contribution in [-0.4, -0.2) is 21.6 Å². The molecule has 1 aromatic rings. The Kier molecular flexibility index (Phi) is 4.12. The Morgan fingerprint density at radius 3 is 2.31 bits per heavy atom. The molecule has 0 bridgehead atoms. The molecule has 0 saturated heterocycles. The van der Waals surface area contributed by atoms with E-state index >= 15 is 0 Å². The van der Waals surface area contributed by atoms with E-state index in [0.29, 0.717) is 0 Å². The van der Waals surface area contributed by atoms with Gasteiger partial charge in [-0.15, -0.1) is 11.8 Å². The summed E-state index contributed by atoms with van der Waals surface area (Å²) in [6.07, 6.45) is -0.165. The number of hydrogen-bond acceptors (Lipinski definition) is 3. The van der Waals surface area contributed by atoms with Crippen molar-refractivity contribution in [2.75, 3.05) is 0 Å². The lowest BCUT2D eigenvalue weighted by Crippen LogP contribution is -2.32. The van der Waals surface area contributed by atoms with E-state index in [4.69, 9.17) is 5.11 Å². The maximum Gasteiger partial charge on any atom is 0.305 e. The Hall–Kier alpha value is -1.29. The molecule has 0 saturated carbocycles. The van der Waals surface area contributed by atoms with Crippen LogP contribution in [0, 0.1) is 0 Å². The highest BCUT2D eigenvalue weighted by atomic mass is 32.2. The predicted octanol–water partition coefficient (Wildman–Crippen LogP) is 2.60. The molecule has 4 heteroatoms. The lowest BCUT2D eigenvalue weighted by atomic mass is 10.0. The fraction of sp³-hybridized carbons (Fsp3) is 0.333. The summed E-state index contributed by atoms with van der Waals surface area (Å²) >= 11 is 1.30. The lowest BCUT2D eigenvalue weighted by Gasteiger charge is -2.23. The van der Waals surface area contributed by atoms with Gasteiger partial charge in [-0.05, 0) is 26.0 Å². The van der Waals surface area contributed by atoms with Crippen LogP contribution in [-0.2, 0) is 9.59 Å². The number of Topliss-reactive ketones (excluding diaryl/α,β-unsaturated/α-hetero) is 1. The van der Waals surface area contributed by atoms with Crippen LogP contribution in [0.1, 0.15) is 20.3 Å². The number of carbonyl (C=O) groups is 2. The number of benzene rings is 1. The number of carboxylic acid groups (broad SMARTS) is 1. The first kappa shape index (κ1) is 12.8. The number of thioether (sulfide) groups is 1. The topological polar surface area (TPSA) is 54.4 Å². The first-order chi connectivity index (χ1) is 7.44. The van der Waals surface area contributed by atoms with Gasteiger partial charge in [0.25, 0.3) is 0 Å². The predicted molar refractivity (Wildman–Crippen MR) is 63.6 cm³/mol. The normalized spacial score (nSPS) is 14.1. The summed E-state index contributed by atoms with van der Waals surface area (Å²) < 4.78 is -0.896. The van der Waals surface area contributed by atoms with Crippen LogP contribution in [0.4, 0.5) is 0 Å². The van der Waals surface area contributed by atoms with Crippen molar-refractivity contribution < 1.29 is 14.7 Å². The number of aliphatic carboxylic acids is 1. The minimum atomic E-state index is -0.957. The van der Waals surface area contributed by atoms with Gasteiger partial charge < -0.3 is 5.11 Å². The zero-order valence-electron chi connectivity index (χ0n) is 9.27. The van der Waals surface area contributed by atoms with Crippen LogP contribution >= 0.6 is 11.8 Å². The quantitative estimate of drug-likeness (QED) is 0.801. The summed E-state index contributed by atoms with van der Waals surface area (Å²) in [5.74, 6) is -1.08. The number of ketones is 1. The van der Waals surface area contributed by atoms with Crippen LogP contribution in [0.5, 0.6) is 0 Å². The van der Waals surface area contributed by atoms with Gasteiger partial charge in [0.1, 0.15) is 5.78 Å². The summed E-state index contributed by atoms with van der Waals surface area (Å²) in [6, 6.07) is 9.35. The Morgan fingerprint density at radius 1 is 1.31 bits per heavy atom. The summed E-state index contributed by atoms with van der Waals surface area (Å²) in [7, 11) is 0. The average Bonchev–Trinajstić information content (AvgIpc) is 2.17. The fourth-order valence-electron chi connectivity index (χ4n) is 1.27. The van der Waals surface area contributed by atoms with Crippen molar-refractivity contribution in [3.05, 3.63) is 30.3 Å². The minimum Gasteiger partial charge on any atom is -0.481 e. The molecule has 1 rings (SSSR count). The zero-order chi connectivity index (χ0) is 12.2. The van der Waals surface area contributed by atoms with Gasteiger partial charge in [0.05, 0.1) is 11.2 Å². The smallest absolute Gasteiger partial charge is 0.305 e. The van der Waals surface area contributed by atoms with Gasteiger partial charge >= 0.3 is 5.97 Å². The summed E-state index contributed by atoms with van der Waals surface area (Å²) in [5, 5.41) is 8.81. The van der Waals surface area contributed by atoms with Gasteiger partial charge in [-0.1, -0.05) is 18.2 Å². The molecule has 16 heavy (non-hydrogen) atoms. The largest absolute Gasteiger partial charge is 0.481 e. The zero-order valence-corrected chi connectivity index (χ0v) is 10.1. The number of carbonyl (C=O) groups excluding carboxylic acids is 1. The van der Waals surface area contributed by atoms with Crippen molar-refractivity contribution in [3.8, 4) is 0 Å². The molecule has 0 amide bonds. The molecule has 0 aliphatic heterocycles. The van der Waals surface area contributed by atoms with Crippen LogP contribution in [0.25, 0.3) is 0 Å². The molecule has 0 radical (unpaired) electrons. The number of carboxylic acids is 1. The van der Waals surface area contributed by atoms with Crippen LogP contribution in [0.15, 0.2) is 35.2 Å². The molecule has 0 fully saturated rings. The second-order valence-electron chi connectivity index (χ2n) is 3.77. The highest BCUT2D eigenvalue weighted by molar-refractivity contribution is 8.01. The van der Waals surface area contributed by atoms with Gasteiger partial charge in [0, 0.05) is 4.90 Å². The van der Waals surface area contributed by atoms with E-state index < -0.39 is 10.7 Å². The average molecular weight is 238 g/mol. The molecule has 1 aromatic carbocycles. The van der Waals surface area contributed by atoms with Crippen molar-refractivity contribution in [1.29, 1.82) is 0 Å². The second-order valence-corrected chi connectivity index (χ2v) is 5.35. The van der Waals surface area contributed by atoms with Gasteiger partial charge in [0.15, 0.2) is 0 Å². The van der Waals surface area contributed by atoms with E-state index in [-0.39, 0.29) is 12.2 Å². The Balaban J connectivity index is 2.87. The van der Waals surface area contributed by atoms with Gasteiger partial charge in [-0.25, -0.2) is 0 Å². The number of rotatable bonds is 5. The summed E-state index contributed by atoms with van der Waals surface area (Å²) in [6.45, 7) is 3.10. The highest BCUT2D eigenvalue weighted by Crippen LogP contribution is 2.36. The molecule has 0 aliphatic rings. The highest BCUT2D eigenvalue weighted by Gasteiger charge is 2.33. The van der Waals surface area contributed by atoms with E-state index in [1.54, 1.807) is 6.92 Å². The molecule has 0 aromatic heterocycles. The molecule has 0 heterocycles. The monoisotopic (exact) mass is 238 g/mol. The minimum absolute atomic E-state index is 0.122. The molecule has 1 unspecified atom stereocenters.